The highest BCUT2D eigenvalue weighted by Gasteiger charge is 2.55. The molecule has 0 aliphatic carbocycles. The maximum absolute atomic E-state index is 13.0. The van der Waals surface area contributed by atoms with Crippen molar-refractivity contribution in [2.24, 2.45) is 11.8 Å². The minimum absolute atomic E-state index is 0.0130. The second-order valence-electron chi connectivity index (χ2n) is 7.05. The molecule has 3 heterocycles. The summed E-state index contributed by atoms with van der Waals surface area (Å²) in [5, 5.41) is 0. The van der Waals surface area contributed by atoms with Crippen molar-refractivity contribution in [2.45, 2.75) is 41.7 Å². The van der Waals surface area contributed by atoms with Gasteiger partial charge >= 0.3 is 0 Å². The lowest BCUT2D eigenvalue weighted by Crippen LogP contribution is -2.52. The van der Waals surface area contributed by atoms with Crippen LogP contribution >= 0.6 is 34.8 Å². The van der Waals surface area contributed by atoms with Crippen LogP contribution < -0.4 is 0 Å². The summed E-state index contributed by atoms with van der Waals surface area (Å²) >= 11 is 17.3. The van der Waals surface area contributed by atoms with E-state index in [1.807, 2.05) is 11.9 Å². The SMILES string of the molecule is CN1CCN(C(=O)C2C(C(=O)CCC(Cl)(Cl)Cl)[C@H]3CC[C@@H]2O3)CC1. The number of amides is 1. The highest BCUT2D eigenvalue weighted by atomic mass is 35.6. The van der Waals surface area contributed by atoms with Crippen LogP contribution in [0.15, 0.2) is 0 Å². The van der Waals surface area contributed by atoms with Crippen LogP contribution in [0.5, 0.6) is 0 Å². The van der Waals surface area contributed by atoms with E-state index in [2.05, 4.69) is 4.90 Å². The van der Waals surface area contributed by atoms with Gasteiger partial charge < -0.3 is 14.5 Å². The van der Waals surface area contributed by atoms with Crippen LogP contribution in [0.3, 0.4) is 0 Å². The smallest absolute Gasteiger partial charge is 0.229 e. The minimum Gasteiger partial charge on any atom is -0.373 e. The van der Waals surface area contributed by atoms with Gasteiger partial charge in [0.2, 0.25) is 5.91 Å². The van der Waals surface area contributed by atoms with Crippen molar-refractivity contribution in [1.82, 2.24) is 9.80 Å². The van der Waals surface area contributed by atoms with Gasteiger partial charge in [0.15, 0.2) is 3.79 Å². The highest BCUT2D eigenvalue weighted by Crippen LogP contribution is 2.46. The van der Waals surface area contributed by atoms with Crippen molar-refractivity contribution in [3.05, 3.63) is 0 Å². The second kappa shape index (κ2) is 7.28. The van der Waals surface area contributed by atoms with E-state index in [0.29, 0.717) is 13.1 Å². The average Bonchev–Trinajstić information content (AvgIpc) is 3.13. The molecule has 3 aliphatic rings. The maximum atomic E-state index is 13.0. The topological polar surface area (TPSA) is 49.9 Å². The van der Waals surface area contributed by atoms with Crippen molar-refractivity contribution in [3.63, 3.8) is 0 Å². The molecule has 0 N–H and O–H groups in total. The quantitative estimate of drug-likeness (QED) is 0.683. The van der Waals surface area contributed by atoms with E-state index in [0.717, 1.165) is 25.9 Å². The summed E-state index contributed by atoms with van der Waals surface area (Å²) in [6.07, 6.45) is 1.73. The van der Waals surface area contributed by atoms with Gasteiger partial charge in [-0.25, -0.2) is 0 Å². The third kappa shape index (κ3) is 4.01. The van der Waals surface area contributed by atoms with Crippen molar-refractivity contribution >= 4 is 46.5 Å². The fourth-order valence-corrected chi connectivity index (χ4v) is 4.35. The summed E-state index contributed by atoms with van der Waals surface area (Å²) in [7, 11) is 2.05. The molecule has 8 heteroatoms. The number of alkyl halides is 3. The number of Topliss-reactive ketones (excluding diaryl/α,β-unsaturated/α-hetero) is 1. The monoisotopic (exact) mass is 396 g/mol. The molecule has 3 rings (SSSR count). The number of piperazine rings is 1. The fraction of sp³-hybridized carbons (Fsp3) is 0.875. The zero-order valence-corrected chi connectivity index (χ0v) is 16.0. The lowest BCUT2D eigenvalue weighted by atomic mass is 9.75. The Morgan fingerprint density at radius 1 is 1.04 bits per heavy atom. The summed E-state index contributed by atoms with van der Waals surface area (Å²) < 4.78 is 4.47. The summed E-state index contributed by atoms with van der Waals surface area (Å²) in [5.41, 5.74) is 0. The molecular formula is C16H23Cl3N2O3. The van der Waals surface area contributed by atoms with E-state index >= 15 is 0 Å². The number of ketones is 1. The zero-order valence-electron chi connectivity index (χ0n) is 13.7. The number of fused-ring (bicyclic) bond motifs is 2. The molecule has 0 spiro atoms. The Kier molecular flexibility index (Phi) is 5.67. The van der Waals surface area contributed by atoms with Gasteiger partial charge in [-0.3, -0.25) is 9.59 Å². The molecule has 5 nitrogen and oxygen atoms in total. The molecule has 24 heavy (non-hydrogen) atoms. The van der Waals surface area contributed by atoms with E-state index in [1.54, 1.807) is 0 Å². The Labute approximate surface area is 157 Å². The summed E-state index contributed by atoms with van der Waals surface area (Å²) in [6.45, 7) is 3.13. The molecule has 0 saturated carbocycles. The molecule has 0 aromatic heterocycles. The van der Waals surface area contributed by atoms with Gasteiger partial charge in [-0.2, -0.15) is 0 Å². The first-order chi connectivity index (χ1) is 11.3. The van der Waals surface area contributed by atoms with Gasteiger partial charge in [0.05, 0.1) is 24.0 Å². The predicted octanol–water partition coefficient (Wildman–Crippen LogP) is 2.27. The lowest BCUT2D eigenvalue weighted by Gasteiger charge is -2.36. The second-order valence-corrected chi connectivity index (χ2v) is 9.57. The zero-order chi connectivity index (χ0) is 17.5. The van der Waals surface area contributed by atoms with Crippen molar-refractivity contribution in [2.75, 3.05) is 33.2 Å². The first-order valence-corrected chi connectivity index (χ1v) is 9.62. The molecule has 1 amide bonds. The van der Waals surface area contributed by atoms with Gasteiger partial charge in [-0.05, 0) is 19.9 Å². The summed E-state index contributed by atoms with van der Waals surface area (Å²) in [5.74, 6) is -0.707. The number of rotatable bonds is 4. The number of nitrogens with zero attached hydrogens (tertiary/aromatic N) is 2. The van der Waals surface area contributed by atoms with Gasteiger partial charge in [0.1, 0.15) is 5.78 Å². The van der Waals surface area contributed by atoms with Gasteiger partial charge in [0, 0.05) is 39.0 Å². The number of likely N-dealkylation sites (N-methyl/N-ethyl adjacent to an activating group) is 1. The van der Waals surface area contributed by atoms with E-state index < -0.39 is 3.79 Å². The minimum atomic E-state index is -1.44. The van der Waals surface area contributed by atoms with Crippen molar-refractivity contribution in [3.8, 4) is 0 Å². The van der Waals surface area contributed by atoms with Gasteiger partial charge in [-0.1, -0.05) is 34.8 Å². The Morgan fingerprint density at radius 2 is 1.62 bits per heavy atom. The van der Waals surface area contributed by atoms with Crippen LogP contribution in [0.4, 0.5) is 0 Å². The fourth-order valence-electron chi connectivity index (χ4n) is 4.07. The molecule has 0 radical (unpaired) electrons. The molecular weight excluding hydrogens is 375 g/mol. The van der Waals surface area contributed by atoms with E-state index in [-0.39, 0.29) is 48.6 Å². The highest BCUT2D eigenvalue weighted by molar-refractivity contribution is 6.67. The van der Waals surface area contributed by atoms with Crippen LogP contribution in [0, 0.1) is 11.8 Å². The molecule has 2 bridgehead atoms. The standard InChI is InChI=1S/C16H23Cl3N2O3/c1-20-6-8-21(9-7-20)15(23)14-12-3-2-11(24-12)13(14)10(22)4-5-16(17,18)19/h11-14H,2-9H2,1H3/t11-,12+,13?,14?/m1/s1. The molecule has 4 atom stereocenters. The Hall–Kier alpha value is -0.0700. The van der Waals surface area contributed by atoms with Crippen molar-refractivity contribution < 1.29 is 14.3 Å². The maximum Gasteiger partial charge on any atom is 0.229 e. The number of halogens is 3. The predicted molar refractivity (Wildman–Crippen MR) is 93.5 cm³/mol. The number of ether oxygens (including phenoxy) is 1. The Morgan fingerprint density at radius 3 is 2.21 bits per heavy atom. The van der Waals surface area contributed by atoms with E-state index in [4.69, 9.17) is 39.5 Å². The number of hydrogen-bond acceptors (Lipinski definition) is 4. The number of carbonyl (C=O) groups is 2. The van der Waals surface area contributed by atoms with Crippen LogP contribution in [0.25, 0.3) is 0 Å². The summed E-state index contributed by atoms with van der Waals surface area (Å²) in [6, 6.07) is 0. The largest absolute Gasteiger partial charge is 0.373 e. The number of carbonyl (C=O) groups excluding carboxylic acids is 2. The third-order valence-corrected chi connectivity index (χ3v) is 5.97. The van der Waals surface area contributed by atoms with Crippen LogP contribution in [0.2, 0.25) is 0 Å². The molecule has 0 aromatic carbocycles. The van der Waals surface area contributed by atoms with Crippen LogP contribution in [0.1, 0.15) is 25.7 Å². The molecule has 3 saturated heterocycles. The number of hydrogen-bond donors (Lipinski definition) is 0. The summed E-state index contributed by atoms with van der Waals surface area (Å²) in [4.78, 5) is 29.8. The Bertz CT molecular complexity index is 503. The third-order valence-electron chi connectivity index (χ3n) is 5.40. The normalized spacial score (nSPS) is 33.9. The lowest BCUT2D eigenvalue weighted by molar-refractivity contribution is -0.143. The molecule has 3 fully saturated rings. The first kappa shape index (κ1) is 18.7. The molecule has 0 aromatic rings. The van der Waals surface area contributed by atoms with Crippen molar-refractivity contribution in [1.29, 1.82) is 0 Å². The first-order valence-electron chi connectivity index (χ1n) is 8.48. The average molecular weight is 398 g/mol. The van der Waals surface area contributed by atoms with Crippen LogP contribution in [-0.4, -0.2) is 70.7 Å². The Balaban J connectivity index is 1.68. The van der Waals surface area contributed by atoms with Gasteiger partial charge in [0.25, 0.3) is 0 Å². The van der Waals surface area contributed by atoms with Gasteiger partial charge in [-0.15, -0.1) is 0 Å². The van der Waals surface area contributed by atoms with E-state index in [1.165, 1.54) is 0 Å². The van der Waals surface area contributed by atoms with E-state index in [9.17, 15) is 9.59 Å². The molecule has 136 valence electrons. The molecule has 2 unspecified atom stereocenters. The molecule has 3 aliphatic heterocycles. The van der Waals surface area contributed by atoms with Crippen LogP contribution in [-0.2, 0) is 14.3 Å².